The van der Waals surface area contributed by atoms with Crippen LogP contribution in [0, 0.1) is 0 Å². The lowest BCUT2D eigenvalue weighted by atomic mass is 10.2. The SMILES string of the molecule is CC(C)(C)OC(=O)CCNc1ccc(Br)c(C(F)(F)F)c1. The predicted octanol–water partition coefficient (Wildman–Crippen LogP) is 4.61. The van der Waals surface area contributed by atoms with Gasteiger partial charge in [-0.3, -0.25) is 4.79 Å². The van der Waals surface area contributed by atoms with Gasteiger partial charge in [-0.25, -0.2) is 0 Å². The van der Waals surface area contributed by atoms with Crippen LogP contribution in [0.15, 0.2) is 22.7 Å². The van der Waals surface area contributed by atoms with E-state index in [1.807, 2.05) is 0 Å². The largest absolute Gasteiger partial charge is 0.460 e. The summed E-state index contributed by atoms with van der Waals surface area (Å²) in [6.45, 7) is 5.46. The summed E-state index contributed by atoms with van der Waals surface area (Å²) in [5.41, 5.74) is -1.03. The van der Waals surface area contributed by atoms with Gasteiger partial charge in [0.2, 0.25) is 0 Å². The summed E-state index contributed by atoms with van der Waals surface area (Å²) in [7, 11) is 0. The van der Waals surface area contributed by atoms with Crippen molar-refractivity contribution in [2.75, 3.05) is 11.9 Å². The number of esters is 1. The second-order valence-corrected chi connectivity index (χ2v) is 6.31. The van der Waals surface area contributed by atoms with Gasteiger partial charge in [0.15, 0.2) is 0 Å². The Labute approximate surface area is 130 Å². The molecule has 0 fully saturated rings. The molecule has 1 aromatic rings. The second kappa shape index (κ2) is 6.68. The number of hydrogen-bond donors (Lipinski definition) is 1. The summed E-state index contributed by atoms with van der Waals surface area (Å²) >= 11 is 2.87. The molecule has 0 heterocycles. The fraction of sp³-hybridized carbons (Fsp3) is 0.500. The van der Waals surface area contributed by atoms with Crippen LogP contribution in [0.5, 0.6) is 0 Å². The van der Waals surface area contributed by atoms with Crippen LogP contribution >= 0.6 is 15.9 Å². The first-order chi connectivity index (χ1) is 9.49. The van der Waals surface area contributed by atoms with Crippen molar-refractivity contribution in [3.63, 3.8) is 0 Å². The van der Waals surface area contributed by atoms with Crippen molar-refractivity contribution in [1.29, 1.82) is 0 Å². The van der Waals surface area contributed by atoms with Crippen molar-refractivity contribution in [2.45, 2.75) is 39.0 Å². The number of rotatable bonds is 4. The molecule has 0 unspecified atom stereocenters. The molecular weight excluding hydrogens is 351 g/mol. The van der Waals surface area contributed by atoms with Crippen LogP contribution in [-0.4, -0.2) is 18.1 Å². The molecule has 0 saturated heterocycles. The minimum atomic E-state index is -4.43. The van der Waals surface area contributed by atoms with Gasteiger partial charge in [0.25, 0.3) is 0 Å². The number of carbonyl (C=O) groups is 1. The summed E-state index contributed by atoms with van der Waals surface area (Å²) in [5.74, 6) is -0.400. The molecule has 1 rings (SSSR count). The number of halogens is 4. The van der Waals surface area contributed by atoms with E-state index in [0.29, 0.717) is 5.69 Å². The van der Waals surface area contributed by atoms with E-state index < -0.39 is 23.3 Å². The van der Waals surface area contributed by atoms with Gasteiger partial charge in [0.05, 0.1) is 12.0 Å². The van der Waals surface area contributed by atoms with Crippen molar-refractivity contribution in [3.05, 3.63) is 28.2 Å². The lowest BCUT2D eigenvalue weighted by Crippen LogP contribution is -2.25. The molecule has 0 aliphatic heterocycles. The molecule has 7 heteroatoms. The first kappa shape index (κ1) is 17.8. The number of hydrogen-bond acceptors (Lipinski definition) is 3. The molecule has 0 spiro atoms. The van der Waals surface area contributed by atoms with E-state index in [-0.39, 0.29) is 17.4 Å². The molecule has 118 valence electrons. The molecular formula is C14H17BrF3NO2. The van der Waals surface area contributed by atoms with E-state index in [9.17, 15) is 18.0 Å². The third kappa shape index (κ3) is 6.37. The smallest absolute Gasteiger partial charge is 0.417 e. The Kier molecular flexibility index (Phi) is 5.67. The van der Waals surface area contributed by atoms with Gasteiger partial charge in [0, 0.05) is 16.7 Å². The molecule has 0 radical (unpaired) electrons. The summed E-state index contributed by atoms with van der Waals surface area (Å²) < 4.78 is 43.3. The summed E-state index contributed by atoms with van der Waals surface area (Å²) in [4.78, 5) is 11.5. The van der Waals surface area contributed by atoms with Crippen LogP contribution in [0.4, 0.5) is 18.9 Å². The van der Waals surface area contributed by atoms with Gasteiger partial charge in [0.1, 0.15) is 5.60 Å². The highest BCUT2D eigenvalue weighted by atomic mass is 79.9. The van der Waals surface area contributed by atoms with Crippen molar-refractivity contribution in [2.24, 2.45) is 0 Å². The fourth-order valence-electron chi connectivity index (χ4n) is 1.55. The minimum Gasteiger partial charge on any atom is -0.460 e. The molecule has 21 heavy (non-hydrogen) atoms. The van der Waals surface area contributed by atoms with Crippen molar-refractivity contribution in [1.82, 2.24) is 0 Å². The van der Waals surface area contributed by atoms with Crippen LogP contribution in [0.2, 0.25) is 0 Å². The second-order valence-electron chi connectivity index (χ2n) is 5.46. The average Bonchev–Trinajstić information content (AvgIpc) is 2.27. The maximum Gasteiger partial charge on any atom is 0.417 e. The van der Waals surface area contributed by atoms with E-state index in [4.69, 9.17) is 4.74 Å². The average molecular weight is 368 g/mol. The molecule has 0 bridgehead atoms. The topological polar surface area (TPSA) is 38.3 Å². The number of ether oxygens (including phenoxy) is 1. The quantitative estimate of drug-likeness (QED) is 0.789. The molecule has 3 nitrogen and oxygen atoms in total. The van der Waals surface area contributed by atoms with Gasteiger partial charge in [-0.05, 0) is 39.0 Å². The molecule has 0 aromatic heterocycles. The summed E-state index contributed by atoms with van der Waals surface area (Å²) in [6, 6.07) is 3.83. The summed E-state index contributed by atoms with van der Waals surface area (Å²) in [5, 5.41) is 2.78. The Hall–Kier alpha value is -1.24. The Morgan fingerprint density at radius 3 is 2.43 bits per heavy atom. The minimum absolute atomic E-state index is 0.0207. The van der Waals surface area contributed by atoms with Crippen molar-refractivity contribution in [3.8, 4) is 0 Å². The summed E-state index contributed by atoms with van der Waals surface area (Å²) in [6.07, 6.45) is -4.35. The van der Waals surface area contributed by atoms with Crippen LogP contribution in [0.3, 0.4) is 0 Å². The maximum absolute atomic E-state index is 12.7. The standard InChI is InChI=1S/C14H17BrF3NO2/c1-13(2,3)21-12(20)6-7-19-9-4-5-11(15)10(8-9)14(16,17)18/h4-5,8,19H,6-7H2,1-3H3. The highest BCUT2D eigenvalue weighted by molar-refractivity contribution is 9.10. The number of carbonyl (C=O) groups excluding carboxylic acids is 1. The normalized spacial score (nSPS) is 12.1. The molecule has 0 aliphatic rings. The van der Waals surface area contributed by atoms with E-state index >= 15 is 0 Å². The third-order valence-electron chi connectivity index (χ3n) is 2.35. The van der Waals surface area contributed by atoms with Gasteiger partial charge in [-0.2, -0.15) is 13.2 Å². The molecule has 0 amide bonds. The molecule has 0 atom stereocenters. The van der Waals surface area contributed by atoms with Gasteiger partial charge >= 0.3 is 12.1 Å². The molecule has 1 N–H and O–H groups in total. The van der Waals surface area contributed by atoms with E-state index in [0.717, 1.165) is 6.07 Å². The van der Waals surface area contributed by atoms with Gasteiger partial charge < -0.3 is 10.1 Å². The van der Waals surface area contributed by atoms with Crippen LogP contribution < -0.4 is 5.32 Å². The molecule has 0 aliphatic carbocycles. The zero-order chi connectivity index (χ0) is 16.3. The Balaban J connectivity index is 2.59. The number of benzene rings is 1. The molecule has 0 saturated carbocycles. The molecule has 1 aromatic carbocycles. The predicted molar refractivity (Wildman–Crippen MR) is 78.1 cm³/mol. The first-order valence-electron chi connectivity index (χ1n) is 6.31. The fourth-order valence-corrected chi connectivity index (χ4v) is 2.03. The van der Waals surface area contributed by atoms with Crippen molar-refractivity contribution < 1.29 is 22.7 Å². The van der Waals surface area contributed by atoms with Gasteiger partial charge in [-0.15, -0.1) is 0 Å². The van der Waals surface area contributed by atoms with Crippen LogP contribution in [0.25, 0.3) is 0 Å². The monoisotopic (exact) mass is 367 g/mol. The highest BCUT2D eigenvalue weighted by Crippen LogP contribution is 2.36. The lowest BCUT2D eigenvalue weighted by Gasteiger charge is -2.19. The zero-order valence-electron chi connectivity index (χ0n) is 12.0. The van der Waals surface area contributed by atoms with Crippen molar-refractivity contribution >= 4 is 27.6 Å². The van der Waals surface area contributed by atoms with E-state index in [1.165, 1.54) is 12.1 Å². The highest BCUT2D eigenvalue weighted by Gasteiger charge is 2.33. The van der Waals surface area contributed by atoms with Crippen LogP contribution in [0.1, 0.15) is 32.8 Å². The number of anilines is 1. The van der Waals surface area contributed by atoms with Gasteiger partial charge in [-0.1, -0.05) is 15.9 Å². The first-order valence-corrected chi connectivity index (χ1v) is 7.11. The Morgan fingerprint density at radius 1 is 1.29 bits per heavy atom. The Bertz CT molecular complexity index is 510. The number of alkyl halides is 3. The number of nitrogens with one attached hydrogen (secondary N) is 1. The lowest BCUT2D eigenvalue weighted by molar-refractivity contribution is -0.154. The third-order valence-corrected chi connectivity index (χ3v) is 3.04. The van der Waals surface area contributed by atoms with E-state index in [1.54, 1.807) is 20.8 Å². The zero-order valence-corrected chi connectivity index (χ0v) is 13.6. The maximum atomic E-state index is 12.7. The van der Waals surface area contributed by atoms with Crippen LogP contribution in [-0.2, 0) is 15.7 Å². The Morgan fingerprint density at radius 2 is 1.90 bits per heavy atom. The van der Waals surface area contributed by atoms with E-state index in [2.05, 4.69) is 21.2 Å².